The summed E-state index contributed by atoms with van der Waals surface area (Å²) in [5, 5.41) is 27.6. The van der Waals surface area contributed by atoms with Gasteiger partial charge in [0.15, 0.2) is 5.82 Å². The molecule has 2 aromatic heterocycles. The molecular weight excluding hydrogens is 530 g/mol. The standard InChI is InChI=1S/C28H27N7O4S/c1-17(26(39-5)20-13-12-18(15-29)14-19(20)16-30)40-34-28-33-32-27(21-8-6-11-24(31-21)38-4)35(28)25-22(36-2)9-7-10-23(25)37-3/h6-14,17,26H,1-5H3,(H,33,34). The molecule has 4 rings (SSSR count). The van der Waals surface area contributed by atoms with E-state index in [0.29, 0.717) is 57.2 Å². The SMILES string of the molecule is COc1cccc(-c2nnc(NSC(C)C(OC)c3ccc(C#N)cc3C#N)n2-c2c(OC)cccc2OC)n1. The fourth-order valence-electron chi connectivity index (χ4n) is 4.18. The first-order valence-electron chi connectivity index (χ1n) is 12.1. The van der Waals surface area contributed by atoms with Crippen molar-refractivity contribution in [3.05, 3.63) is 71.3 Å². The third-order valence-electron chi connectivity index (χ3n) is 6.08. The molecule has 2 heterocycles. The van der Waals surface area contributed by atoms with Gasteiger partial charge in [-0.25, -0.2) is 4.98 Å². The zero-order chi connectivity index (χ0) is 28.6. The Labute approximate surface area is 236 Å². The van der Waals surface area contributed by atoms with Crippen molar-refractivity contribution in [3.8, 4) is 46.7 Å². The largest absolute Gasteiger partial charge is 0.494 e. The summed E-state index contributed by atoms with van der Waals surface area (Å²) in [5.41, 5.74) is 2.57. The molecule has 2 atom stereocenters. The Morgan fingerprint density at radius 1 is 0.900 bits per heavy atom. The van der Waals surface area contributed by atoms with Crippen molar-refractivity contribution in [1.29, 1.82) is 10.5 Å². The fourth-order valence-corrected chi connectivity index (χ4v) is 4.99. The molecule has 0 saturated carbocycles. The second-order valence-corrected chi connectivity index (χ2v) is 9.55. The normalized spacial score (nSPS) is 12.1. The molecule has 204 valence electrons. The molecule has 1 N–H and O–H groups in total. The van der Waals surface area contributed by atoms with Gasteiger partial charge in [0, 0.05) is 13.2 Å². The number of rotatable bonds is 11. The van der Waals surface area contributed by atoms with E-state index in [-0.39, 0.29) is 5.25 Å². The van der Waals surface area contributed by atoms with E-state index in [2.05, 4.69) is 32.0 Å². The van der Waals surface area contributed by atoms with Crippen LogP contribution in [0.1, 0.15) is 29.7 Å². The molecule has 0 aliphatic rings. The van der Waals surface area contributed by atoms with Gasteiger partial charge < -0.3 is 18.9 Å². The highest BCUT2D eigenvalue weighted by molar-refractivity contribution is 8.01. The van der Waals surface area contributed by atoms with Crippen molar-refractivity contribution in [2.24, 2.45) is 0 Å². The highest BCUT2D eigenvalue weighted by atomic mass is 32.2. The molecule has 40 heavy (non-hydrogen) atoms. The van der Waals surface area contributed by atoms with Crippen LogP contribution in [0.15, 0.2) is 54.6 Å². The molecule has 4 aromatic rings. The van der Waals surface area contributed by atoms with Gasteiger partial charge in [0.25, 0.3) is 0 Å². The predicted molar refractivity (Wildman–Crippen MR) is 151 cm³/mol. The van der Waals surface area contributed by atoms with Crippen molar-refractivity contribution in [3.63, 3.8) is 0 Å². The average molecular weight is 558 g/mol. The number of nitrogens with zero attached hydrogens (tertiary/aromatic N) is 6. The minimum atomic E-state index is -0.461. The zero-order valence-corrected chi connectivity index (χ0v) is 23.4. The smallest absolute Gasteiger partial charge is 0.239 e. The van der Waals surface area contributed by atoms with E-state index in [0.717, 1.165) is 0 Å². The maximum absolute atomic E-state index is 9.68. The Kier molecular flexibility index (Phi) is 9.07. The zero-order valence-electron chi connectivity index (χ0n) is 22.6. The molecule has 2 unspecified atom stereocenters. The summed E-state index contributed by atoms with van der Waals surface area (Å²) >= 11 is 1.34. The van der Waals surface area contributed by atoms with Gasteiger partial charge in [0.05, 0.1) is 55.9 Å². The number of pyridine rings is 1. The molecule has 0 fully saturated rings. The average Bonchev–Trinajstić information content (AvgIpc) is 3.43. The quantitative estimate of drug-likeness (QED) is 0.251. The van der Waals surface area contributed by atoms with Crippen LogP contribution < -0.4 is 18.9 Å². The molecule has 12 heteroatoms. The molecule has 0 amide bonds. The van der Waals surface area contributed by atoms with Crippen LogP contribution in [0.2, 0.25) is 0 Å². The number of nitrogens with one attached hydrogen (secondary N) is 1. The maximum Gasteiger partial charge on any atom is 0.239 e. The summed E-state index contributed by atoms with van der Waals surface area (Å²) in [5.74, 6) is 2.31. The number of aromatic nitrogens is 4. The Hall–Kier alpha value is -4.78. The van der Waals surface area contributed by atoms with Gasteiger partial charge in [-0.3, -0.25) is 9.29 Å². The predicted octanol–water partition coefficient (Wildman–Crippen LogP) is 4.93. The first-order chi connectivity index (χ1) is 19.5. The lowest BCUT2D eigenvalue weighted by atomic mass is 9.99. The third kappa shape index (κ3) is 5.64. The summed E-state index contributed by atoms with van der Waals surface area (Å²) in [6, 6.07) is 20.0. The van der Waals surface area contributed by atoms with Crippen molar-refractivity contribution in [1.82, 2.24) is 19.7 Å². The van der Waals surface area contributed by atoms with Crippen LogP contribution in [-0.4, -0.2) is 53.4 Å². The van der Waals surface area contributed by atoms with E-state index < -0.39 is 6.10 Å². The lowest BCUT2D eigenvalue weighted by Crippen LogP contribution is -2.18. The van der Waals surface area contributed by atoms with Crippen LogP contribution in [0.5, 0.6) is 17.4 Å². The summed E-state index contributed by atoms with van der Waals surface area (Å²) in [6.07, 6.45) is -0.461. The van der Waals surface area contributed by atoms with Crippen molar-refractivity contribution in [2.75, 3.05) is 33.2 Å². The molecule has 0 saturated heterocycles. The van der Waals surface area contributed by atoms with Crippen LogP contribution >= 0.6 is 11.9 Å². The van der Waals surface area contributed by atoms with E-state index in [1.165, 1.54) is 11.9 Å². The van der Waals surface area contributed by atoms with Crippen LogP contribution in [0.4, 0.5) is 5.95 Å². The Morgan fingerprint density at radius 3 is 2.25 bits per heavy atom. The monoisotopic (exact) mass is 557 g/mol. The number of hydrogen-bond acceptors (Lipinski definition) is 11. The Bertz CT molecular complexity index is 1560. The van der Waals surface area contributed by atoms with Gasteiger partial charge in [0.1, 0.15) is 22.9 Å². The van der Waals surface area contributed by atoms with Crippen molar-refractivity contribution in [2.45, 2.75) is 18.3 Å². The first-order valence-corrected chi connectivity index (χ1v) is 12.9. The van der Waals surface area contributed by atoms with E-state index >= 15 is 0 Å². The summed E-state index contributed by atoms with van der Waals surface area (Å²) in [6.45, 7) is 1.96. The van der Waals surface area contributed by atoms with Gasteiger partial charge in [-0.15, -0.1) is 10.2 Å². The number of methoxy groups -OCH3 is 4. The third-order valence-corrected chi connectivity index (χ3v) is 7.00. The van der Waals surface area contributed by atoms with E-state index in [9.17, 15) is 10.5 Å². The van der Waals surface area contributed by atoms with Gasteiger partial charge in [-0.2, -0.15) is 10.5 Å². The number of para-hydroxylation sites is 1. The highest BCUT2D eigenvalue weighted by Crippen LogP contribution is 2.39. The Morgan fingerprint density at radius 2 is 1.62 bits per heavy atom. The van der Waals surface area contributed by atoms with Crippen molar-refractivity contribution >= 4 is 17.9 Å². The fraction of sp³-hybridized carbons (Fsp3) is 0.250. The first kappa shape index (κ1) is 28.2. The number of hydrogen-bond donors (Lipinski definition) is 1. The molecule has 2 aromatic carbocycles. The number of anilines is 1. The maximum atomic E-state index is 9.68. The van der Waals surface area contributed by atoms with Crippen LogP contribution in [0.3, 0.4) is 0 Å². The number of nitriles is 2. The second kappa shape index (κ2) is 12.8. The van der Waals surface area contributed by atoms with E-state index in [1.807, 2.05) is 31.2 Å². The van der Waals surface area contributed by atoms with Crippen LogP contribution in [0.25, 0.3) is 17.2 Å². The topological polar surface area (TPSA) is 140 Å². The molecule has 0 radical (unpaired) electrons. The molecule has 0 aliphatic heterocycles. The van der Waals surface area contributed by atoms with Crippen LogP contribution in [-0.2, 0) is 4.74 Å². The minimum absolute atomic E-state index is 0.201. The summed E-state index contributed by atoms with van der Waals surface area (Å²) in [4.78, 5) is 4.55. The summed E-state index contributed by atoms with van der Waals surface area (Å²) < 4.78 is 27.5. The highest BCUT2D eigenvalue weighted by Gasteiger charge is 2.27. The molecule has 11 nitrogen and oxygen atoms in total. The molecule has 0 aliphatic carbocycles. The minimum Gasteiger partial charge on any atom is -0.494 e. The number of ether oxygens (including phenoxy) is 4. The van der Waals surface area contributed by atoms with Crippen LogP contribution in [0, 0.1) is 22.7 Å². The van der Waals surface area contributed by atoms with E-state index in [1.54, 1.807) is 63.3 Å². The van der Waals surface area contributed by atoms with Crippen molar-refractivity contribution < 1.29 is 18.9 Å². The van der Waals surface area contributed by atoms with Gasteiger partial charge >= 0.3 is 0 Å². The Balaban J connectivity index is 1.75. The van der Waals surface area contributed by atoms with Gasteiger partial charge in [-0.05, 0) is 54.8 Å². The van der Waals surface area contributed by atoms with Gasteiger partial charge in [-0.1, -0.05) is 18.2 Å². The molecule has 0 spiro atoms. The second-order valence-electron chi connectivity index (χ2n) is 8.37. The molecular formula is C28H27N7O4S. The van der Waals surface area contributed by atoms with Gasteiger partial charge in [0.2, 0.25) is 11.8 Å². The summed E-state index contributed by atoms with van der Waals surface area (Å²) in [7, 11) is 6.27. The lowest BCUT2D eigenvalue weighted by Gasteiger charge is -2.24. The molecule has 0 bridgehead atoms. The lowest BCUT2D eigenvalue weighted by molar-refractivity contribution is 0.104. The number of benzene rings is 2. The van der Waals surface area contributed by atoms with E-state index in [4.69, 9.17) is 18.9 Å².